The average Bonchev–Trinajstić information content (AvgIpc) is 2.53. The van der Waals surface area contributed by atoms with E-state index in [1.807, 2.05) is 0 Å². The predicted molar refractivity (Wildman–Crippen MR) is 93.9 cm³/mol. The van der Waals surface area contributed by atoms with E-state index in [9.17, 15) is 0 Å². The van der Waals surface area contributed by atoms with Crippen LogP contribution in [0.2, 0.25) is 0 Å². The van der Waals surface area contributed by atoms with E-state index in [0.717, 1.165) is 5.56 Å². The zero-order valence-corrected chi connectivity index (χ0v) is 12.9. The Morgan fingerprint density at radius 1 is 0.783 bits per heavy atom. The molecule has 0 bridgehead atoms. The van der Waals surface area contributed by atoms with Gasteiger partial charge in [0.05, 0.1) is 12.3 Å². The minimum atomic E-state index is -0.0335. The largest absolute Gasteiger partial charge is 0.489 e. The molecule has 0 atom stereocenters. The highest BCUT2D eigenvalue weighted by Gasteiger charge is 1.99. The predicted octanol–water partition coefficient (Wildman–Crippen LogP) is 0.608. The summed E-state index contributed by atoms with van der Waals surface area (Å²) in [6.07, 6.45) is 0.566. The van der Waals surface area contributed by atoms with Crippen molar-refractivity contribution in [2.45, 2.75) is 6.42 Å². The van der Waals surface area contributed by atoms with E-state index < -0.39 is 0 Å². The second-order valence-corrected chi connectivity index (χ2v) is 4.80. The molecule has 0 aliphatic rings. The first-order valence-corrected chi connectivity index (χ1v) is 7.11. The molecule has 2 aromatic carbocycles. The monoisotopic (exact) mass is 320 g/mol. The fourth-order valence-electron chi connectivity index (χ4n) is 1.79. The third kappa shape index (κ3) is 6.33. The Kier molecular flexibility index (Phi) is 7.52. The van der Waals surface area contributed by atoms with Gasteiger partial charge in [-0.2, -0.15) is 0 Å². The summed E-state index contributed by atoms with van der Waals surface area (Å²) in [5, 5.41) is 17.1. The van der Waals surface area contributed by atoms with Crippen LogP contribution in [-0.4, -0.2) is 30.0 Å². The molecule has 2 aromatic rings. The van der Waals surface area contributed by atoms with E-state index in [4.69, 9.17) is 37.9 Å². The third-order valence-electron chi connectivity index (χ3n) is 2.93. The van der Waals surface area contributed by atoms with Crippen LogP contribution in [0.3, 0.4) is 0 Å². The van der Waals surface area contributed by atoms with Crippen molar-refractivity contribution >= 4 is 22.7 Å². The molecular formula is C16H24N4O3. The standard InChI is InChI=1S/C8H12N2O2.C8H12N2O/c9-6-1-2-7(10)8(5-6)12-4-3-11;9-7-1-2-8(10)6(5-7)3-4-11/h1-2,5,11H,3-4,9-10H2;1-2,5,11H,3-4,9-10H2. The van der Waals surface area contributed by atoms with Crippen molar-refractivity contribution in [1.29, 1.82) is 0 Å². The highest BCUT2D eigenvalue weighted by atomic mass is 16.5. The normalized spacial score (nSPS) is 9.83. The van der Waals surface area contributed by atoms with Crippen LogP contribution in [0, 0.1) is 0 Å². The Balaban J connectivity index is 0.000000231. The summed E-state index contributed by atoms with van der Waals surface area (Å²) < 4.78 is 5.11. The molecule has 0 heterocycles. The fraction of sp³-hybridized carbons (Fsp3) is 0.250. The molecule has 23 heavy (non-hydrogen) atoms. The first-order chi connectivity index (χ1) is 11.0. The van der Waals surface area contributed by atoms with Crippen LogP contribution in [0.15, 0.2) is 36.4 Å². The lowest BCUT2D eigenvalue weighted by Gasteiger charge is -2.07. The number of aliphatic hydroxyl groups is 2. The quantitative estimate of drug-likeness (QED) is 0.441. The molecule has 0 aliphatic heterocycles. The Bertz CT molecular complexity index is 620. The maximum Gasteiger partial charge on any atom is 0.144 e. The lowest BCUT2D eigenvalue weighted by molar-refractivity contribution is 0.202. The van der Waals surface area contributed by atoms with Crippen molar-refractivity contribution in [3.63, 3.8) is 0 Å². The van der Waals surface area contributed by atoms with Crippen LogP contribution < -0.4 is 27.7 Å². The van der Waals surface area contributed by atoms with Crippen molar-refractivity contribution < 1.29 is 14.9 Å². The molecule has 0 radical (unpaired) electrons. The summed E-state index contributed by atoms with van der Waals surface area (Å²) in [5.41, 5.74) is 25.6. The highest BCUT2D eigenvalue weighted by Crippen LogP contribution is 2.23. The van der Waals surface area contributed by atoms with Gasteiger partial charge in [-0.3, -0.25) is 0 Å². The number of nitrogens with two attached hydrogens (primary N) is 4. The van der Waals surface area contributed by atoms with Crippen molar-refractivity contribution in [2.24, 2.45) is 0 Å². The number of anilines is 4. The Hall–Kier alpha value is -2.64. The number of aliphatic hydroxyl groups excluding tert-OH is 2. The van der Waals surface area contributed by atoms with Crippen molar-refractivity contribution in [3.05, 3.63) is 42.0 Å². The summed E-state index contributed by atoms with van der Waals surface area (Å²) in [6, 6.07) is 10.3. The molecule has 0 spiro atoms. The van der Waals surface area contributed by atoms with Gasteiger partial charge >= 0.3 is 0 Å². The van der Waals surface area contributed by atoms with Crippen LogP contribution in [0.5, 0.6) is 5.75 Å². The summed E-state index contributed by atoms with van der Waals surface area (Å²) in [4.78, 5) is 0. The van der Waals surface area contributed by atoms with Crippen molar-refractivity contribution in [2.75, 3.05) is 42.8 Å². The van der Waals surface area contributed by atoms with Crippen molar-refractivity contribution in [3.8, 4) is 5.75 Å². The van der Waals surface area contributed by atoms with Crippen LogP contribution in [0.25, 0.3) is 0 Å². The molecule has 2 rings (SSSR count). The molecule has 7 heteroatoms. The lowest BCUT2D eigenvalue weighted by atomic mass is 10.1. The molecule has 126 valence electrons. The van der Waals surface area contributed by atoms with E-state index in [1.54, 1.807) is 36.4 Å². The summed E-state index contributed by atoms with van der Waals surface area (Å²) in [5.74, 6) is 0.518. The second-order valence-electron chi connectivity index (χ2n) is 4.80. The van der Waals surface area contributed by atoms with Gasteiger partial charge in [0.25, 0.3) is 0 Å². The number of rotatable bonds is 5. The van der Waals surface area contributed by atoms with Crippen LogP contribution >= 0.6 is 0 Å². The van der Waals surface area contributed by atoms with E-state index in [2.05, 4.69) is 0 Å². The van der Waals surface area contributed by atoms with Gasteiger partial charge in [-0.1, -0.05) is 0 Å². The maximum absolute atomic E-state index is 8.64. The minimum absolute atomic E-state index is 0.0335. The first kappa shape index (κ1) is 18.4. The van der Waals surface area contributed by atoms with Gasteiger partial charge in [0.2, 0.25) is 0 Å². The first-order valence-electron chi connectivity index (χ1n) is 7.11. The molecule has 0 unspecified atom stereocenters. The summed E-state index contributed by atoms with van der Waals surface area (Å²) in [7, 11) is 0. The SMILES string of the molecule is Nc1ccc(N)c(CCO)c1.Nc1ccc(N)c(OCCO)c1. The Morgan fingerprint density at radius 3 is 2.00 bits per heavy atom. The molecule has 7 nitrogen and oxygen atoms in total. The van der Waals surface area contributed by atoms with E-state index in [0.29, 0.717) is 34.9 Å². The Labute approximate surface area is 135 Å². The third-order valence-corrected chi connectivity index (χ3v) is 2.93. The van der Waals surface area contributed by atoms with Crippen LogP contribution in [-0.2, 0) is 6.42 Å². The molecule has 0 amide bonds. The maximum atomic E-state index is 8.64. The summed E-state index contributed by atoms with van der Waals surface area (Å²) >= 11 is 0. The zero-order chi connectivity index (χ0) is 17.2. The topological polar surface area (TPSA) is 154 Å². The minimum Gasteiger partial charge on any atom is -0.489 e. The summed E-state index contributed by atoms with van der Waals surface area (Å²) in [6.45, 7) is 0.301. The van der Waals surface area contributed by atoms with Crippen molar-refractivity contribution in [1.82, 2.24) is 0 Å². The van der Waals surface area contributed by atoms with Gasteiger partial charge in [-0.15, -0.1) is 0 Å². The second kappa shape index (κ2) is 9.39. The zero-order valence-electron chi connectivity index (χ0n) is 12.9. The lowest BCUT2D eigenvalue weighted by Crippen LogP contribution is -2.04. The molecule has 0 saturated carbocycles. The molecule has 0 fully saturated rings. The van der Waals surface area contributed by atoms with E-state index in [1.165, 1.54) is 0 Å². The molecule has 10 N–H and O–H groups in total. The van der Waals surface area contributed by atoms with Gasteiger partial charge in [-0.25, -0.2) is 0 Å². The number of benzene rings is 2. The van der Waals surface area contributed by atoms with Gasteiger partial charge < -0.3 is 37.9 Å². The van der Waals surface area contributed by atoms with Crippen LogP contribution in [0.1, 0.15) is 5.56 Å². The molecule has 0 saturated heterocycles. The van der Waals surface area contributed by atoms with Gasteiger partial charge in [-0.05, 0) is 42.3 Å². The number of hydrogen-bond donors (Lipinski definition) is 6. The molecule has 0 aliphatic carbocycles. The van der Waals surface area contributed by atoms with Gasteiger partial charge in [0.15, 0.2) is 0 Å². The molecular weight excluding hydrogens is 296 g/mol. The van der Waals surface area contributed by atoms with Gasteiger partial charge in [0.1, 0.15) is 12.4 Å². The Morgan fingerprint density at radius 2 is 1.39 bits per heavy atom. The number of hydrogen-bond acceptors (Lipinski definition) is 7. The fourth-order valence-corrected chi connectivity index (χ4v) is 1.79. The highest BCUT2D eigenvalue weighted by molar-refractivity contribution is 5.59. The molecule has 0 aromatic heterocycles. The average molecular weight is 320 g/mol. The van der Waals surface area contributed by atoms with Gasteiger partial charge in [0, 0.05) is 29.7 Å². The van der Waals surface area contributed by atoms with E-state index >= 15 is 0 Å². The smallest absolute Gasteiger partial charge is 0.144 e. The number of nitrogen functional groups attached to an aromatic ring is 4. The number of ether oxygens (including phenoxy) is 1. The van der Waals surface area contributed by atoms with Crippen LogP contribution in [0.4, 0.5) is 22.7 Å². The van der Waals surface area contributed by atoms with E-state index in [-0.39, 0.29) is 19.8 Å².